The second kappa shape index (κ2) is 6.09. The number of imidazole rings is 1. The van der Waals surface area contributed by atoms with Crippen molar-refractivity contribution >= 4 is 22.7 Å². The van der Waals surface area contributed by atoms with E-state index in [1.165, 1.54) is 0 Å². The van der Waals surface area contributed by atoms with Crippen molar-refractivity contribution in [3.05, 3.63) is 77.0 Å². The van der Waals surface area contributed by atoms with E-state index in [2.05, 4.69) is 19.9 Å². The molecule has 2 aromatic carbocycles. The van der Waals surface area contributed by atoms with Crippen LogP contribution in [0.3, 0.4) is 0 Å². The summed E-state index contributed by atoms with van der Waals surface area (Å²) in [4.78, 5) is 25.8. The first kappa shape index (κ1) is 14.9. The number of aromatic nitrogens is 3. The summed E-state index contributed by atoms with van der Waals surface area (Å²) in [6.45, 7) is 0. The lowest BCUT2D eigenvalue weighted by atomic mass is 10.1. The molecule has 0 atom stereocenters. The Morgan fingerprint density at radius 1 is 1.04 bits per heavy atom. The van der Waals surface area contributed by atoms with E-state index >= 15 is 0 Å². The summed E-state index contributed by atoms with van der Waals surface area (Å²) in [7, 11) is 0. The molecule has 3 N–H and O–H groups in total. The monoisotopic (exact) mass is 330 g/mol. The first-order chi connectivity index (χ1) is 12.2. The van der Waals surface area contributed by atoms with Crippen LogP contribution in [0.5, 0.6) is 5.88 Å². The average Bonchev–Trinajstić information content (AvgIpc) is 3.17. The van der Waals surface area contributed by atoms with Crippen LogP contribution in [0.4, 0.5) is 5.69 Å². The van der Waals surface area contributed by atoms with Crippen LogP contribution in [0.1, 0.15) is 5.56 Å². The van der Waals surface area contributed by atoms with Crippen molar-refractivity contribution < 1.29 is 5.11 Å². The van der Waals surface area contributed by atoms with E-state index in [0.29, 0.717) is 16.3 Å². The summed E-state index contributed by atoms with van der Waals surface area (Å²) in [5.74, 6) is -0.193. The summed E-state index contributed by atoms with van der Waals surface area (Å²) in [6.07, 6.45) is 4.94. The third-order valence-corrected chi connectivity index (χ3v) is 3.97. The Bertz CT molecular complexity index is 1110. The molecule has 0 saturated carbocycles. The SMILES string of the molecule is O=c1[nH]c(O)c(C=Nc2ccc(-c3cnc[nH]3)cc2)c2ccccc12. The number of benzene rings is 2. The van der Waals surface area contributed by atoms with Crippen molar-refractivity contribution in [3.8, 4) is 17.1 Å². The average molecular weight is 330 g/mol. The Kier molecular flexibility index (Phi) is 3.63. The van der Waals surface area contributed by atoms with Gasteiger partial charge in [0.1, 0.15) is 0 Å². The summed E-state index contributed by atoms with van der Waals surface area (Å²) < 4.78 is 0. The highest BCUT2D eigenvalue weighted by molar-refractivity contribution is 6.01. The molecule has 0 aliphatic rings. The maximum Gasteiger partial charge on any atom is 0.258 e. The van der Waals surface area contributed by atoms with Crippen LogP contribution < -0.4 is 5.56 Å². The van der Waals surface area contributed by atoms with Crippen molar-refractivity contribution in [3.63, 3.8) is 0 Å². The van der Waals surface area contributed by atoms with Crippen LogP contribution in [-0.2, 0) is 0 Å². The van der Waals surface area contributed by atoms with E-state index in [1.807, 2.05) is 30.3 Å². The predicted octanol–water partition coefficient (Wildman–Crippen LogP) is 3.37. The minimum atomic E-state index is -0.325. The smallest absolute Gasteiger partial charge is 0.258 e. The molecule has 0 saturated heterocycles. The molecule has 4 rings (SSSR count). The van der Waals surface area contributed by atoms with Crippen LogP contribution >= 0.6 is 0 Å². The number of aromatic amines is 2. The van der Waals surface area contributed by atoms with Gasteiger partial charge in [0.2, 0.25) is 5.88 Å². The molecule has 6 nitrogen and oxygen atoms in total. The number of hydrogen-bond acceptors (Lipinski definition) is 4. The Morgan fingerprint density at radius 2 is 1.80 bits per heavy atom. The second-order valence-corrected chi connectivity index (χ2v) is 5.53. The lowest BCUT2D eigenvalue weighted by Gasteiger charge is -2.04. The number of rotatable bonds is 3. The maximum absolute atomic E-state index is 11.9. The van der Waals surface area contributed by atoms with Gasteiger partial charge in [-0.3, -0.25) is 14.8 Å². The second-order valence-electron chi connectivity index (χ2n) is 5.53. The number of pyridine rings is 1. The van der Waals surface area contributed by atoms with Crippen molar-refractivity contribution in [2.24, 2.45) is 4.99 Å². The lowest BCUT2D eigenvalue weighted by molar-refractivity contribution is 0.452. The highest BCUT2D eigenvalue weighted by Gasteiger charge is 2.08. The molecule has 0 bridgehead atoms. The van der Waals surface area contributed by atoms with Crippen molar-refractivity contribution in [1.29, 1.82) is 0 Å². The molecule has 4 aromatic rings. The van der Waals surface area contributed by atoms with E-state index in [-0.39, 0.29) is 11.4 Å². The first-order valence-corrected chi connectivity index (χ1v) is 7.69. The normalized spacial score (nSPS) is 11.4. The third-order valence-electron chi connectivity index (χ3n) is 3.97. The zero-order valence-electron chi connectivity index (χ0n) is 13.1. The number of fused-ring (bicyclic) bond motifs is 1. The number of H-pyrrole nitrogens is 2. The van der Waals surface area contributed by atoms with Gasteiger partial charge in [0, 0.05) is 17.0 Å². The highest BCUT2D eigenvalue weighted by atomic mass is 16.3. The van der Waals surface area contributed by atoms with Crippen molar-refractivity contribution in [2.45, 2.75) is 0 Å². The van der Waals surface area contributed by atoms with E-state index in [0.717, 1.165) is 16.9 Å². The lowest BCUT2D eigenvalue weighted by Crippen LogP contribution is -2.07. The van der Waals surface area contributed by atoms with Gasteiger partial charge < -0.3 is 10.1 Å². The highest BCUT2D eigenvalue weighted by Crippen LogP contribution is 2.23. The topological polar surface area (TPSA) is 94.1 Å². The van der Waals surface area contributed by atoms with Gasteiger partial charge in [-0.05, 0) is 23.8 Å². The van der Waals surface area contributed by atoms with Gasteiger partial charge in [-0.25, -0.2) is 4.98 Å². The van der Waals surface area contributed by atoms with Gasteiger partial charge in [-0.15, -0.1) is 0 Å². The Balaban J connectivity index is 1.71. The maximum atomic E-state index is 11.9. The molecule has 6 heteroatoms. The van der Waals surface area contributed by atoms with Crippen LogP contribution in [-0.4, -0.2) is 26.3 Å². The molecular weight excluding hydrogens is 316 g/mol. The van der Waals surface area contributed by atoms with Gasteiger partial charge >= 0.3 is 0 Å². The largest absolute Gasteiger partial charge is 0.494 e. The summed E-state index contributed by atoms with van der Waals surface area (Å²) in [5, 5.41) is 11.2. The fourth-order valence-corrected chi connectivity index (χ4v) is 2.70. The van der Waals surface area contributed by atoms with E-state index < -0.39 is 0 Å². The molecule has 0 amide bonds. The van der Waals surface area contributed by atoms with Crippen LogP contribution in [0.25, 0.3) is 22.0 Å². The molecule has 122 valence electrons. The number of nitrogens with one attached hydrogen (secondary N) is 2. The number of hydrogen-bond donors (Lipinski definition) is 3. The molecule has 2 heterocycles. The van der Waals surface area contributed by atoms with Gasteiger partial charge in [0.05, 0.1) is 29.5 Å². The molecule has 0 radical (unpaired) electrons. The van der Waals surface area contributed by atoms with Gasteiger partial charge in [-0.1, -0.05) is 30.3 Å². The quantitative estimate of drug-likeness (QED) is 0.503. The minimum Gasteiger partial charge on any atom is -0.494 e. The minimum absolute atomic E-state index is 0.193. The van der Waals surface area contributed by atoms with Crippen LogP contribution in [0.2, 0.25) is 0 Å². The number of aliphatic imine (C=N–C) groups is 1. The Morgan fingerprint density at radius 3 is 2.52 bits per heavy atom. The molecule has 0 aliphatic heterocycles. The van der Waals surface area contributed by atoms with Crippen molar-refractivity contribution in [2.75, 3.05) is 0 Å². The molecule has 2 aromatic heterocycles. The van der Waals surface area contributed by atoms with Gasteiger partial charge in [-0.2, -0.15) is 0 Å². The standard InChI is InChI=1S/C19H14N4O2/c24-18-15-4-2-1-3-14(15)16(19(25)23-18)9-21-13-7-5-12(6-8-13)17-10-20-11-22-17/h1-11H,(H,20,22)(H2,23,24,25). The summed E-state index contributed by atoms with van der Waals surface area (Å²) >= 11 is 0. The number of nitrogens with zero attached hydrogens (tertiary/aromatic N) is 2. The van der Waals surface area contributed by atoms with Crippen LogP contribution in [0, 0.1) is 0 Å². The number of aromatic hydroxyl groups is 1. The third kappa shape index (κ3) is 2.81. The van der Waals surface area contributed by atoms with Crippen molar-refractivity contribution in [1.82, 2.24) is 15.0 Å². The molecule has 0 aliphatic carbocycles. The summed E-state index contributed by atoms with van der Waals surface area (Å²) in [6, 6.07) is 14.7. The molecule has 0 fully saturated rings. The van der Waals surface area contributed by atoms with Crippen LogP contribution in [0.15, 0.2) is 70.8 Å². The van der Waals surface area contributed by atoms with E-state index in [9.17, 15) is 9.90 Å². The molecular formula is C19H14N4O2. The fraction of sp³-hybridized carbons (Fsp3) is 0. The summed E-state index contributed by atoms with van der Waals surface area (Å²) in [5.41, 5.74) is 2.83. The van der Waals surface area contributed by atoms with Gasteiger partial charge in [0.15, 0.2) is 0 Å². The first-order valence-electron chi connectivity index (χ1n) is 7.69. The Labute approximate surface area is 142 Å². The Hall–Kier alpha value is -3.67. The molecule has 25 heavy (non-hydrogen) atoms. The molecule has 0 unspecified atom stereocenters. The van der Waals surface area contributed by atoms with E-state index in [4.69, 9.17) is 0 Å². The fourth-order valence-electron chi connectivity index (χ4n) is 2.70. The zero-order valence-corrected chi connectivity index (χ0v) is 13.1. The molecule has 0 spiro atoms. The zero-order chi connectivity index (χ0) is 17.2. The predicted molar refractivity (Wildman–Crippen MR) is 97.5 cm³/mol. The van der Waals surface area contributed by atoms with Gasteiger partial charge in [0.25, 0.3) is 5.56 Å². The van der Waals surface area contributed by atoms with E-state index in [1.54, 1.807) is 36.9 Å².